The molecule has 4 nitrogen and oxygen atoms in total. The van der Waals surface area contributed by atoms with Gasteiger partial charge in [-0.1, -0.05) is 30.3 Å². The maximum atomic E-state index is 12.1. The first-order valence-corrected chi connectivity index (χ1v) is 5.79. The molecule has 2 N–H and O–H groups in total. The van der Waals surface area contributed by atoms with Crippen LogP contribution in [-0.2, 0) is 13.1 Å². The predicted molar refractivity (Wildman–Crippen MR) is 68.8 cm³/mol. The fourth-order valence-corrected chi connectivity index (χ4v) is 1.72. The molecule has 0 atom stereocenters. The van der Waals surface area contributed by atoms with E-state index in [2.05, 4.69) is 0 Å². The molecule has 0 radical (unpaired) electrons. The number of carbonyl (C=O) groups is 1. The zero-order chi connectivity index (χ0) is 13.0. The minimum atomic E-state index is -0.140. The minimum Gasteiger partial charge on any atom is -0.455 e. The molecule has 0 aliphatic carbocycles. The monoisotopic (exact) mass is 244 g/mol. The highest BCUT2D eigenvalue weighted by Gasteiger charge is 2.15. The molecule has 0 unspecified atom stereocenters. The minimum absolute atomic E-state index is 0.140. The number of amides is 1. The Kier molecular flexibility index (Phi) is 3.79. The molecule has 1 aromatic heterocycles. The van der Waals surface area contributed by atoms with Gasteiger partial charge in [0, 0.05) is 13.6 Å². The van der Waals surface area contributed by atoms with E-state index < -0.39 is 0 Å². The molecule has 0 bridgehead atoms. The van der Waals surface area contributed by atoms with Crippen molar-refractivity contribution in [3.05, 3.63) is 59.5 Å². The van der Waals surface area contributed by atoms with E-state index in [0.717, 1.165) is 5.56 Å². The number of carbonyl (C=O) groups excluding carboxylic acids is 1. The Bertz CT molecular complexity index is 520. The molecular formula is C14H16N2O2. The van der Waals surface area contributed by atoms with Crippen molar-refractivity contribution >= 4 is 5.91 Å². The Morgan fingerprint density at radius 3 is 2.56 bits per heavy atom. The molecule has 18 heavy (non-hydrogen) atoms. The molecule has 1 aromatic carbocycles. The number of benzene rings is 1. The lowest BCUT2D eigenvalue weighted by atomic mass is 10.2. The third-order valence-corrected chi connectivity index (χ3v) is 2.68. The van der Waals surface area contributed by atoms with Gasteiger partial charge in [-0.2, -0.15) is 0 Å². The third kappa shape index (κ3) is 2.78. The summed E-state index contributed by atoms with van der Waals surface area (Å²) in [6.45, 7) is 0.855. The standard InChI is InChI=1S/C14H16N2O2/c1-16(10-11-5-3-2-4-6-11)14(17)13-8-7-12(9-15)18-13/h2-8H,9-10,15H2,1H3. The molecule has 1 heterocycles. The molecule has 0 aliphatic rings. The summed E-state index contributed by atoms with van der Waals surface area (Å²) in [5, 5.41) is 0. The molecule has 2 rings (SSSR count). The average molecular weight is 244 g/mol. The highest BCUT2D eigenvalue weighted by Crippen LogP contribution is 2.11. The van der Waals surface area contributed by atoms with Gasteiger partial charge < -0.3 is 15.1 Å². The SMILES string of the molecule is CN(Cc1ccccc1)C(=O)c1ccc(CN)o1. The number of furan rings is 1. The van der Waals surface area contributed by atoms with Gasteiger partial charge in [0.1, 0.15) is 5.76 Å². The lowest BCUT2D eigenvalue weighted by Crippen LogP contribution is -2.25. The summed E-state index contributed by atoms with van der Waals surface area (Å²) in [6.07, 6.45) is 0. The normalized spacial score (nSPS) is 10.3. The van der Waals surface area contributed by atoms with Gasteiger partial charge in [0.25, 0.3) is 5.91 Å². The van der Waals surface area contributed by atoms with Crippen LogP contribution in [0.15, 0.2) is 46.9 Å². The van der Waals surface area contributed by atoms with Crippen LogP contribution >= 0.6 is 0 Å². The van der Waals surface area contributed by atoms with Gasteiger partial charge in [-0.05, 0) is 17.7 Å². The summed E-state index contributed by atoms with van der Waals surface area (Å²) in [5.41, 5.74) is 6.53. The van der Waals surface area contributed by atoms with Crippen LogP contribution in [0.5, 0.6) is 0 Å². The summed E-state index contributed by atoms with van der Waals surface area (Å²) < 4.78 is 5.34. The van der Waals surface area contributed by atoms with Crippen molar-refractivity contribution in [1.82, 2.24) is 4.90 Å². The molecule has 0 saturated heterocycles. The van der Waals surface area contributed by atoms with E-state index >= 15 is 0 Å². The topological polar surface area (TPSA) is 59.5 Å². The first-order chi connectivity index (χ1) is 8.70. The quantitative estimate of drug-likeness (QED) is 0.895. The number of nitrogens with two attached hydrogens (primary N) is 1. The molecule has 0 aliphatic heterocycles. The van der Waals surface area contributed by atoms with Crippen LogP contribution in [0.3, 0.4) is 0 Å². The van der Waals surface area contributed by atoms with Gasteiger partial charge in [0.2, 0.25) is 0 Å². The average Bonchev–Trinajstić information content (AvgIpc) is 2.87. The van der Waals surface area contributed by atoms with Crippen molar-refractivity contribution in [2.75, 3.05) is 7.05 Å². The van der Waals surface area contributed by atoms with Crippen molar-refractivity contribution in [2.45, 2.75) is 13.1 Å². The predicted octanol–water partition coefficient (Wildman–Crippen LogP) is 2.01. The molecule has 0 saturated carbocycles. The molecule has 4 heteroatoms. The first-order valence-electron chi connectivity index (χ1n) is 5.79. The number of rotatable bonds is 4. The Morgan fingerprint density at radius 2 is 1.94 bits per heavy atom. The van der Waals surface area contributed by atoms with Crippen LogP contribution in [0.2, 0.25) is 0 Å². The fraction of sp³-hybridized carbons (Fsp3) is 0.214. The molecule has 0 spiro atoms. The van der Waals surface area contributed by atoms with Crippen LogP contribution in [0.1, 0.15) is 21.9 Å². The van der Waals surface area contributed by atoms with E-state index in [4.69, 9.17) is 10.2 Å². The fourth-order valence-electron chi connectivity index (χ4n) is 1.72. The number of hydrogen-bond acceptors (Lipinski definition) is 3. The summed E-state index contributed by atoms with van der Waals surface area (Å²) in [7, 11) is 1.75. The summed E-state index contributed by atoms with van der Waals surface area (Å²) in [5.74, 6) is 0.805. The van der Waals surface area contributed by atoms with Gasteiger partial charge in [-0.25, -0.2) is 0 Å². The highest BCUT2D eigenvalue weighted by atomic mass is 16.4. The van der Waals surface area contributed by atoms with Gasteiger partial charge >= 0.3 is 0 Å². The van der Waals surface area contributed by atoms with Crippen LogP contribution < -0.4 is 5.73 Å². The Hall–Kier alpha value is -2.07. The molecule has 2 aromatic rings. The van der Waals surface area contributed by atoms with Gasteiger partial charge in [-0.3, -0.25) is 4.79 Å². The Balaban J connectivity index is 2.05. The van der Waals surface area contributed by atoms with E-state index in [1.54, 1.807) is 24.1 Å². The smallest absolute Gasteiger partial charge is 0.289 e. The lowest BCUT2D eigenvalue weighted by molar-refractivity contribution is 0.0751. The molecule has 1 amide bonds. The van der Waals surface area contributed by atoms with Crippen LogP contribution in [-0.4, -0.2) is 17.9 Å². The second kappa shape index (κ2) is 5.51. The van der Waals surface area contributed by atoms with Crippen molar-refractivity contribution < 1.29 is 9.21 Å². The molecule has 0 fully saturated rings. The third-order valence-electron chi connectivity index (χ3n) is 2.68. The molecular weight excluding hydrogens is 228 g/mol. The second-order valence-electron chi connectivity index (χ2n) is 4.12. The molecule has 94 valence electrons. The van der Waals surface area contributed by atoms with Crippen molar-refractivity contribution in [3.63, 3.8) is 0 Å². The summed E-state index contributed by atoms with van der Waals surface area (Å²) in [4.78, 5) is 13.7. The van der Waals surface area contributed by atoms with Crippen LogP contribution in [0.4, 0.5) is 0 Å². The Labute approximate surface area is 106 Å². The van der Waals surface area contributed by atoms with Crippen molar-refractivity contribution in [1.29, 1.82) is 0 Å². The zero-order valence-electron chi connectivity index (χ0n) is 10.3. The first kappa shape index (κ1) is 12.4. The maximum absolute atomic E-state index is 12.1. The van der Waals surface area contributed by atoms with Gasteiger partial charge in [-0.15, -0.1) is 0 Å². The van der Waals surface area contributed by atoms with E-state index in [9.17, 15) is 4.79 Å². The van der Waals surface area contributed by atoms with E-state index in [0.29, 0.717) is 24.6 Å². The lowest BCUT2D eigenvalue weighted by Gasteiger charge is -2.15. The highest BCUT2D eigenvalue weighted by molar-refractivity contribution is 5.91. The Morgan fingerprint density at radius 1 is 1.22 bits per heavy atom. The van der Waals surface area contributed by atoms with Gasteiger partial charge in [0.15, 0.2) is 5.76 Å². The largest absolute Gasteiger partial charge is 0.455 e. The van der Waals surface area contributed by atoms with Crippen molar-refractivity contribution in [3.8, 4) is 0 Å². The number of hydrogen-bond donors (Lipinski definition) is 1. The van der Waals surface area contributed by atoms with E-state index in [1.165, 1.54) is 0 Å². The van der Waals surface area contributed by atoms with Crippen LogP contribution in [0.25, 0.3) is 0 Å². The van der Waals surface area contributed by atoms with Crippen molar-refractivity contribution in [2.24, 2.45) is 5.73 Å². The second-order valence-corrected chi connectivity index (χ2v) is 4.12. The van der Waals surface area contributed by atoms with E-state index in [1.807, 2.05) is 30.3 Å². The van der Waals surface area contributed by atoms with Crippen LogP contribution in [0, 0.1) is 0 Å². The number of nitrogens with zero attached hydrogens (tertiary/aromatic N) is 1. The van der Waals surface area contributed by atoms with Gasteiger partial charge in [0.05, 0.1) is 6.54 Å². The maximum Gasteiger partial charge on any atom is 0.289 e. The zero-order valence-corrected chi connectivity index (χ0v) is 10.3. The van der Waals surface area contributed by atoms with E-state index in [-0.39, 0.29) is 5.91 Å². The summed E-state index contributed by atoms with van der Waals surface area (Å²) >= 11 is 0. The summed E-state index contributed by atoms with van der Waals surface area (Å²) in [6, 6.07) is 13.2.